The SMILES string of the molecule is N#CCCC1COc2cc(F)ccc2N1. The highest BCUT2D eigenvalue weighted by Gasteiger charge is 2.18. The van der Waals surface area contributed by atoms with E-state index >= 15 is 0 Å². The summed E-state index contributed by atoms with van der Waals surface area (Å²) in [5.41, 5.74) is 0.797. The number of ether oxygens (including phenoxy) is 1. The molecule has 1 unspecified atom stereocenters. The third-order valence-electron chi connectivity index (χ3n) is 2.35. The van der Waals surface area contributed by atoms with E-state index in [9.17, 15) is 4.39 Å². The van der Waals surface area contributed by atoms with E-state index in [1.165, 1.54) is 12.1 Å². The fraction of sp³-hybridized carbons (Fsp3) is 0.364. The summed E-state index contributed by atoms with van der Waals surface area (Å²) in [5, 5.41) is 11.7. The molecule has 1 N–H and O–H groups in total. The summed E-state index contributed by atoms with van der Waals surface area (Å²) in [6, 6.07) is 6.64. The second-order valence-electron chi connectivity index (χ2n) is 3.49. The van der Waals surface area contributed by atoms with Crippen LogP contribution < -0.4 is 10.1 Å². The summed E-state index contributed by atoms with van der Waals surface area (Å²) in [7, 11) is 0. The van der Waals surface area contributed by atoms with Crippen molar-refractivity contribution in [2.45, 2.75) is 18.9 Å². The molecule has 78 valence electrons. The molecule has 0 aromatic heterocycles. The molecule has 4 heteroatoms. The van der Waals surface area contributed by atoms with Crippen molar-refractivity contribution >= 4 is 5.69 Å². The Kier molecular flexibility index (Phi) is 2.72. The lowest BCUT2D eigenvalue weighted by Crippen LogP contribution is -2.31. The molecule has 0 spiro atoms. The lowest BCUT2D eigenvalue weighted by Gasteiger charge is -2.26. The van der Waals surface area contributed by atoms with Gasteiger partial charge in [-0.1, -0.05) is 0 Å². The van der Waals surface area contributed by atoms with E-state index in [1.54, 1.807) is 6.07 Å². The van der Waals surface area contributed by atoms with Gasteiger partial charge in [-0.2, -0.15) is 5.26 Å². The number of rotatable bonds is 2. The third kappa shape index (κ3) is 2.18. The van der Waals surface area contributed by atoms with Gasteiger partial charge >= 0.3 is 0 Å². The van der Waals surface area contributed by atoms with Crippen LogP contribution in [0.2, 0.25) is 0 Å². The Morgan fingerprint density at radius 3 is 3.27 bits per heavy atom. The Balaban J connectivity index is 2.07. The van der Waals surface area contributed by atoms with Crippen molar-refractivity contribution in [2.24, 2.45) is 0 Å². The Labute approximate surface area is 87.5 Å². The number of nitrogens with zero attached hydrogens (tertiary/aromatic N) is 1. The fourth-order valence-corrected chi connectivity index (χ4v) is 1.58. The van der Waals surface area contributed by atoms with Gasteiger partial charge in [0, 0.05) is 12.5 Å². The van der Waals surface area contributed by atoms with Crippen molar-refractivity contribution in [3.63, 3.8) is 0 Å². The normalized spacial score (nSPS) is 18.3. The highest BCUT2D eigenvalue weighted by molar-refractivity contribution is 5.58. The van der Waals surface area contributed by atoms with Gasteiger partial charge < -0.3 is 10.1 Å². The van der Waals surface area contributed by atoms with Crippen molar-refractivity contribution in [1.82, 2.24) is 0 Å². The van der Waals surface area contributed by atoms with Crippen LogP contribution in [0, 0.1) is 17.1 Å². The van der Waals surface area contributed by atoms with E-state index in [2.05, 4.69) is 11.4 Å². The van der Waals surface area contributed by atoms with Crippen molar-refractivity contribution in [3.8, 4) is 11.8 Å². The molecule has 0 bridgehead atoms. The molecule has 0 saturated heterocycles. The predicted molar refractivity (Wildman–Crippen MR) is 54.2 cm³/mol. The number of halogens is 1. The van der Waals surface area contributed by atoms with Gasteiger partial charge in [0.1, 0.15) is 18.2 Å². The van der Waals surface area contributed by atoms with Gasteiger partial charge in [0.25, 0.3) is 0 Å². The predicted octanol–water partition coefficient (Wildman–Crippen LogP) is 2.30. The Bertz CT molecular complexity index is 400. The molecule has 2 rings (SSSR count). The maximum atomic E-state index is 12.8. The number of hydrogen-bond acceptors (Lipinski definition) is 3. The molecule has 1 aromatic carbocycles. The average molecular weight is 206 g/mol. The van der Waals surface area contributed by atoms with E-state index in [0.717, 1.165) is 12.1 Å². The van der Waals surface area contributed by atoms with Gasteiger partial charge in [0.2, 0.25) is 0 Å². The topological polar surface area (TPSA) is 45.0 Å². The van der Waals surface area contributed by atoms with Crippen molar-refractivity contribution < 1.29 is 9.13 Å². The molecule has 15 heavy (non-hydrogen) atoms. The molecular weight excluding hydrogens is 195 g/mol. The van der Waals surface area contributed by atoms with Crippen LogP contribution in [0.25, 0.3) is 0 Å². The molecule has 1 aliphatic rings. The first-order valence-corrected chi connectivity index (χ1v) is 4.85. The Morgan fingerprint density at radius 1 is 1.60 bits per heavy atom. The largest absolute Gasteiger partial charge is 0.489 e. The number of nitriles is 1. The maximum Gasteiger partial charge on any atom is 0.145 e. The molecule has 1 aromatic rings. The molecule has 0 amide bonds. The number of nitrogens with one attached hydrogen (secondary N) is 1. The van der Waals surface area contributed by atoms with Crippen LogP contribution in [0.5, 0.6) is 5.75 Å². The highest BCUT2D eigenvalue weighted by atomic mass is 19.1. The summed E-state index contributed by atoms with van der Waals surface area (Å²) in [5.74, 6) is 0.245. The van der Waals surface area contributed by atoms with Crippen LogP contribution >= 0.6 is 0 Å². The third-order valence-corrected chi connectivity index (χ3v) is 2.35. The van der Waals surface area contributed by atoms with Gasteiger partial charge in [-0.05, 0) is 18.6 Å². The monoisotopic (exact) mass is 206 g/mol. The van der Waals surface area contributed by atoms with Crippen LogP contribution in [-0.4, -0.2) is 12.6 Å². The van der Waals surface area contributed by atoms with Gasteiger partial charge in [0.05, 0.1) is 17.8 Å². The molecule has 0 radical (unpaired) electrons. The minimum Gasteiger partial charge on any atom is -0.489 e. The molecular formula is C11H11FN2O. The number of hydrogen-bond donors (Lipinski definition) is 1. The van der Waals surface area contributed by atoms with Crippen LogP contribution in [0.1, 0.15) is 12.8 Å². The van der Waals surface area contributed by atoms with Gasteiger partial charge in [-0.3, -0.25) is 0 Å². The van der Waals surface area contributed by atoms with E-state index < -0.39 is 0 Å². The summed E-state index contributed by atoms with van der Waals surface area (Å²) in [4.78, 5) is 0. The molecule has 3 nitrogen and oxygen atoms in total. The van der Waals surface area contributed by atoms with Crippen LogP contribution in [0.3, 0.4) is 0 Å². The van der Waals surface area contributed by atoms with Crippen LogP contribution in [0.15, 0.2) is 18.2 Å². The highest BCUT2D eigenvalue weighted by Crippen LogP contribution is 2.30. The maximum absolute atomic E-state index is 12.8. The van der Waals surface area contributed by atoms with Crippen molar-refractivity contribution in [2.75, 3.05) is 11.9 Å². The van der Waals surface area contributed by atoms with Crippen molar-refractivity contribution in [3.05, 3.63) is 24.0 Å². The summed E-state index contributed by atoms with van der Waals surface area (Å²) < 4.78 is 18.2. The first-order valence-electron chi connectivity index (χ1n) is 4.85. The first kappa shape index (κ1) is 9.78. The quantitative estimate of drug-likeness (QED) is 0.807. The lowest BCUT2D eigenvalue weighted by molar-refractivity contribution is 0.278. The second kappa shape index (κ2) is 4.18. The standard InChI is InChI=1S/C11H11FN2O/c12-8-3-4-10-11(6-8)15-7-9(14-10)2-1-5-13/h3-4,6,9,14H,1-2,7H2. The zero-order chi connectivity index (χ0) is 10.7. The smallest absolute Gasteiger partial charge is 0.145 e. The minimum atomic E-state index is -0.300. The zero-order valence-corrected chi connectivity index (χ0v) is 8.16. The van der Waals surface area contributed by atoms with Gasteiger partial charge in [-0.25, -0.2) is 4.39 Å². The molecule has 1 heterocycles. The number of anilines is 1. The van der Waals surface area contributed by atoms with E-state index in [4.69, 9.17) is 10.00 Å². The Hall–Kier alpha value is -1.76. The van der Waals surface area contributed by atoms with Crippen LogP contribution in [-0.2, 0) is 0 Å². The van der Waals surface area contributed by atoms with Crippen LogP contribution in [0.4, 0.5) is 10.1 Å². The second-order valence-corrected chi connectivity index (χ2v) is 3.49. The van der Waals surface area contributed by atoms with E-state index in [1.807, 2.05) is 0 Å². The van der Waals surface area contributed by atoms with Gasteiger partial charge in [-0.15, -0.1) is 0 Å². The lowest BCUT2D eigenvalue weighted by atomic mass is 10.1. The number of benzene rings is 1. The first-order chi connectivity index (χ1) is 7.29. The summed E-state index contributed by atoms with van der Waals surface area (Å²) in [6.07, 6.45) is 1.24. The molecule has 1 aliphatic heterocycles. The minimum absolute atomic E-state index is 0.141. The molecule has 0 fully saturated rings. The zero-order valence-electron chi connectivity index (χ0n) is 8.16. The van der Waals surface area contributed by atoms with Crippen molar-refractivity contribution in [1.29, 1.82) is 5.26 Å². The van der Waals surface area contributed by atoms with E-state index in [-0.39, 0.29) is 11.9 Å². The fourth-order valence-electron chi connectivity index (χ4n) is 1.58. The van der Waals surface area contributed by atoms with E-state index in [0.29, 0.717) is 18.8 Å². The van der Waals surface area contributed by atoms with Gasteiger partial charge in [0.15, 0.2) is 0 Å². The molecule has 1 atom stereocenters. The number of fused-ring (bicyclic) bond motifs is 1. The molecule has 0 saturated carbocycles. The summed E-state index contributed by atoms with van der Waals surface area (Å²) >= 11 is 0. The summed E-state index contributed by atoms with van der Waals surface area (Å²) in [6.45, 7) is 0.484. The Morgan fingerprint density at radius 2 is 2.47 bits per heavy atom. The molecule has 0 aliphatic carbocycles. The average Bonchev–Trinajstić information content (AvgIpc) is 2.26.